The van der Waals surface area contributed by atoms with Gasteiger partial charge in [0.25, 0.3) is 0 Å². The number of aliphatic hydroxyl groups is 1. The van der Waals surface area contributed by atoms with Gasteiger partial charge in [-0.25, -0.2) is 14.0 Å². The molecule has 1 atom stereocenters. The summed E-state index contributed by atoms with van der Waals surface area (Å²) in [6.07, 6.45) is 3.72. The number of anilines is 1. The maximum absolute atomic E-state index is 14.2. The molecule has 1 fully saturated rings. The van der Waals surface area contributed by atoms with Crippen LogP contribution in [0.3, 0.4) is 0 Å². The number of nitrogens with two attached hydrogens (primary N) is 1. The van der Waals surface area contributed by atoms with Gasteiger partial charge in [-0.05, 0) is 36.6 Å². The van der Waals surface area contributed by atoms with Crippen molar-refractivity contribution in [2.24, 2.45) is 11.7 Å². The SMILES string of the molecule is NC(=O)n1cc(NC(=O)N[C@@H](CC2CC2)C(=O)NCc2cccc(Cl)c2F)c2cc(OCCO)ccc21. The van der Waals surface area contributed by atoms with Gasteiger partial charge in [0.15, 0.2) is 0 Å². The molecule has 0 unspecified atom stereocenters. The van der Waals surface area contributed by atoms with Crippen molar-refractivity contribution < 1.29 is 28.6 Å². The lowest BCUT2D eigenvalue weighted by atomic mass is 10.1. The van der Waals surface area contributed by atoms with Crippen molar-refractivity contribution >= 4 is 46.2 Å². The van der Waals surface area contributed by atoms with Crippen LogP contribution in [0.5, 0.6) is 5.75 Å². The molecular formula is C25H27ClFN5O5. The fourth-order valence-corrected chi connectivity index (χ4v) is 4.16. The maximum Gasteiger partial charge on any atom is 0.323 e. The van der Waals surface area contributed by atoms with Gasteiger partial charge < -0.3 is 31.5 Å². The summed E-state index contributed by atoms with van der Waals surface area (Å²) in [6, 6.07) is 7.07. The topological polar surface area (TPSA) is 148 Å². The number of carbonyl (C=O) groups is 3. The van der Waals surface area contributed by atoms with Crippen LogP contribution in [-0.4, -0.2) is 46.9 Å². The van der Waals surface area contributed by atoms with E-state index in [1.165, 1.54) is 22.9 Å². The number of aromatic nitrogens is 1. The summed E-state index contributed by atoms with van der Waals surface area (Å²) >= 11 is 5.81. The van der Waals surface area contributed by atoms with Gasteiger partial charge in [0, 0.05) is 23.7 Å². The number of urea groups is 1. The number of carbonyl (C=O) groups excluding carboxylic acids is 3. The van der Waals surface area contributed by atoms with Crippen molar-refractivity contribution in [2.45, 2.75) is 31.8 Å². The van der Waals surface area contributed by atoms with Crippen LogP contribution in [0.1, 0.15) is 24.8 Å². The average molecular weight is 532 g/mol. The van der Waals surface area contributed by atoms with Crippen molar-refractivity contribution in [3.63, 3.8) is 0 Å². The van der Waals surface area contributed by atoms with Crippen molar-refractivity contribution in [3.05, 3.63) is 59.0 Å². The molecule has 1 aliphatic rings. The highest BCUT2D eigenvalue weighted by atomic mass is 35.5. The Bertz CT molecular complexity index is 1330. The Morgan fingerprint density at radius 2 is 2.03 bits per heavy atom. The van der Waals surface area contributed by atoms with E-state index in [9.17, 15) is 18.8 Å². The number of ether oxygens (including phenoxy) is 1. The van der Waals surface area contributed by atoms with Crippen LogP contribution in [0.4, 0.5) is 19.7 Å². The van der Waals surface area contributed by atoms with E-state index in [0.29, 0.717) is 29.0 Å². The molecule has 4 amide bonds. The third-order valence-electron chi connectivity index (χ3n) is 5.99. The number of hydrogen-bond acceptors (Lipinski definition) is 5. The molecule has 1 aromatic heterocycles. The van der Waals surface area contributed by atoms with Crippen molar-refractivity contribution in [3.8, 4) is 5.75 Å². The second kappa shape index (κ2) is 11.5. The Morgan fingerprint density at radius 3 is 2.73 bits per heavy atom. The summed E-state index contributed by atoms with van der Waals surface area (Å²) < 4.78 is 20.8. The van der Waals surface area contributed by atoms with E-state index in [1.54, 1.807) is 24.3 Å². The van der Waals surface area contributed by atoms with Crippen LogP contribution in [0, 0.1) is 11.7 Å². The van der Waals surface area contributed by atoms with Gasteiger partial charge in [0.1, 0.15) is 24.2 Å². The second-order valence-electron chi connectivity index (χ2n) is 8.76. The van der Waals surface area contributed by atoms with Crippen LogP contribution in [-0.2, 0) is 11.3 Å². The molecule has 1 heterocycles. The number of halogens is 2. The number of hydrogen-bond donors (Lipinski definition) is 5. The molecule has 4 rings (SSSR count). The number of amides is 4. The average Bonchev–Trinajstić information content (AvgIpc) is 3.62. The van der Waals surface area contributed by atoms with E-state index in [-0.39, 0.29) is 36.0 Å². The highest BCUT2D eigenvalue weighted by Gasteiger charge is 2.30. The molecule has 0 bridgehead atoms. The van der Waals surface area contributed by atoms with Crippen LogP contribution in [0.15, 0.2) is 42.6 Å². The monoisotopic (exact) mass is 531 g/mol. The molecule has 0 radical (unpaired) electrons. The molecular weight excluding hydrogens is 505 g/mol. The van der Waals surface area contributed by atoms with Crippen LogP contribution < -0.4 is 26.4 Å². The molecule has 2 aromatic carbocycles. The van der Waals surface area contributed by atoms with Crippen molar-refractivity contribution in [1.29, 1.82) is 0 Å². The van der Waals surface area contributed by atoms with E-state index in [1.807, 2.05) is 0 Å². The Morgan fingerprint density at radius 1 is 1.24 bits per heavy atom. The number of rotatable bonds is 10. The van der Waals surface area contributed by atoms with Crippen LogP contribution >= 0.6 is 11.6 Å². The summed E-state index contributed by atoms with van der Waals surface area (Å²) in [7, 11) is 0. The summed E-state index contributed by atoms with van der Waals surface area (Å²) in [5.74, 6) is -0.337. The molecule has 3 aromatic rings. The minimum absolute atomic E-state index is 0.0428. The zero-order valence-electron chi connectivity index (χ0n) is 19.8. The number of benzene rings is 2. The molecule has 1 aliphatic carbocycles. The van der Waals surface area contributed by atoms with Crippen molar-refractivity contribution in [2.75, 3.05) is 18.5 Å². The summed E-state index contributed by atoms with van der Waals surface area (Å²) in [6.45, 7) is -0.191. The van der Waals surface area contributed by atoms with E-state index in [0.717, 1.165) is 12.8 Å². The normalized spacial score (nSPS) is 13.7. The molecule has 196 valence electrons. The summed E-state index contributed by atoms with van der Waals surface area (Å²) in [5.41, 5.74) is 6.41. The first-order chi connectivity index (χ1) is 17.8. The van der Waals surface area contributed by atoms with Gasteiger partial charge in [0.2, 0.25) is 5.91 Å². The third kappa shape index (κ3) is 6.49. The van der Waals surface area contributed by atoms with Crippen molar-refractivity contribution in [1.82, 2.24) is 15.2 Å². The first kappa shape index (κ1) is 26.2. The van der Waals surface area contributed by atoms with E-state index >= 15 is 0 Å². The molecule has 0 spiro atoms. The van der Waals surface area contributed by atoms with Crippen LogP contribution in [0.25, 0.3) is 10.9 Å². The third-order valence-corrected chi connectivity index (χ3v) is 6.29. The lowest BCUT2D eigenvalue weighted by molar-refractivity contribution is -0.123. The van der Waals surface area contributed by atoms with Gasteiger partial charge in [0.05, 0.1) is 22.8 Å². The number of fused-ring (bicyclic) bond motifs is 1. The number of primary amides is 1. The molecule has 10 nitrogen and oxygen atoms in total. The highest BCUT2D eigenvalue weighted by Crippen LogP contribution is 2.34. The zero-order chi connectivity index (χ0) is 26.5. The van der Waals surface area contributed by atoms with E-state index in [4.69, 9.17) is 27.2 Å². The highest BCUT2D eigenvalue weighted by molar-refractivity contribution is 6.30. The fourth-order valence-electron chi connectivity index (χ4n) is 3.97. The van der Waals surface area contributed by atoms with Gasteiger partial charge in [-0.1, -0.05) is 36.6 Å². The fraction of sp³-hybridized carbons (Fsp3) is 0.320. The lowest BCUT2D eigenvalue weighted by Gasteiger charge is -2.19. The van der Waals surface area contributed by atoms with Gasteiger partial charge in [-0.3, -0.25) is 9.36 Å². The van der Waals surface area contributed by atoms with Gasteiger partial charge in [-0.15, -0.1) is 0 Å². The Balaban J connectivity index is 1.48. The standard InChI is InChI=1S/C25H27ClFN5O5/c26-18-3-1-2-15(22(18)27)12-29-23(34)19(10-14-4-5-14)30-25(36)31-20-13-32(24(28)35)21-7-6-16(11-17(20)21)37-9-8-33/h1-3,6-7,11,13-14,19,33H,4-5,8-10,12H2,(H2,28,35)(H,29,34)(H2,30,31,36)/t19-/m0/s1. The summed E-state index contributed by atoms with van der Waals surface area (Å²) in [4.78, 5) is 37.7. The first-order valence-corrected chi connectivity index (χ1v) is 12.1. The molecule has 1 saturated carbocycles. The molecule has 0 saturated heterocycles. The minimum atomic E-state index is -0.859. The predicted octanol–water partition coefficient (Wildman–Crippen LogP) is 3.34. The molecule has 6 N–H and O–H groups in total. The minimum Gasteiger partial charge on any atom is -0.491 e. The maximum atomic E-state index is 14.2. The molecule has 0 aliphatic heterocycles. The second-order valence-corrected chi connectivity index (χ2v) is 9.17. The van der Waals surface area contributed by atoms with Gasteiger partial charge >= 0.3 is 12.1 Å². The Kier molecular flexibility index (Phi) is 8.14. The zero-order valence-corrected chi connectivity index (χ0v) is 20.6. The number of nitrogens with zero attached hydrogens (tertiary/aromatic N) is 1. The van der Waals surface area contributed by atoms with Gasteiger partial charge in [-0.2, -0.15) is 0 Å². The largest absolute Gasteiger partial charge is 0.491 e. The van der Waals surface area contributed by atoms with Crippen LogP contribution in [0.2, 0.25) is 5.02 Å². The smallest absolute Gasteiger partial charge is 0.323 e. The Labute approximate surface area is 216 Å². The quantitative estimate of drug-likeness (QED) is 0.272. The molecule has 12 heteroatoms. The number of aliphatic hydroxyl groups excluding tert-OH is 1. The van der Waals surface area contributed by atoms with E-state index < -0.39 is 29.8 Å². The summed E-state index contributed by atoms with van der Waals surface area (Å²) in [5, 5.41) is 17.4. The first-order valence-electron chi connectivity index (χ1n) is 11.7. The van der Waals surface area contributed by atoms with E-state index in [2.05, 4.69) is 16.0 Å². The predicted molar refractivity (Wildman–Crippen MR) is 136 cm³/mol. The Hall–Kier alpha value is -3.83. The number of nitrogens with one attached hydrogen (secondary N) is 3. The lowest BCUT2D eigenvalue weighted by Crippen LogP contribution is -2.48. The molecule has 37 heavy (non-hydrogen) atoms.